The first-order valence-electron chi connectivity index (χ1n) is 5.87. The van der Waals surface area contributed by atoms with Crippen molar-refractivity contribution in [3.63, 3.8) is 0 Å². The van der Waals surface area contributed by atoms with Crippen LogP contribution in [0.1, 0.15) is 6.42 Å². The van der Waals surface area contributed by atoms with E-state index in [4.69, 9.17) is 5.73 Å². The summed E-state index contributed by atoms with van der Waals surface area (Å²) in [7, 11) is 0. The fourth-order valence-corrected chi connectivity index (χ4v) is 1.88. The van der Waals surface area contributed by atoms with Crippen LogP contribution in [0.5, 0.6) is 0 Å². The van der Waals surface area contributed by atoms with Crippen molar-refractivity contribution in [3.8, 4) is 0 Å². The Kier molecular flexibility index (Phi) is 5.55. The maximum Gasteiger partial charge on any atom is 0.405 e. The van der Waals surface area contributed by atoms with Crippen LogP contribution in [0.3, 0.4) is 0 Å². The van der Waals surface area contributed by atoms with Crippen molar-refractivity contribution in [2.24, 2.45) is 5.73 Å². The van der Waals surface area contributed by atoms with Crippen LogP contribution in [0, 0.1) is 0 Å². The molecule has 0 aromatic rings. The number of piperazine rings is 1. The van der Waals surface area contributed by atoms with Crippen molar-refractivity contribution >= 4 is 11.8 Å². The summed E-state index contributed by atoms with van der Waals surface area (Å²) in [5, 5.41) is 5.05. The second-order valence-electron chi connectivity index (χ2n) is 4.29. The smallest absolute Gasteiger partial charge is 0.369 e. The molecule has 110 valence electrons. The Hall–Kier alpha value is -1.35. The zero-order valence-corrected chi connectivity index (χ0v) is 10.3. The van der Waals surface area contributed by atoms with Crippen molar-refractivity contribution in [3.05, 3.63) is 0 Å². The van der Waals surface area contributed by atoms with Crippen molar-refractivity contribution in [2.75, 3.05) is 32.7 Å². The Morgan fingerprint density at radius 3 is 2.37 bits per heavy atom. The Morgan fingerprint density at radius 2 is 1.89 bits per heavy atom. The first-order valence-corrected chi connectivity index (χ1v) is 5.87. The molecule has 1 atom stereocenters. The van der Waals surface area contributed by atoms with Crippen LogP contribution in [-0.4, -0.2) is 61.7 Å². The molecule has 0 aliphatic carbocycles. The van der Waals surface area contributed by atoms with E-state index >= 15 is 0 Å². The van der Waals surface area contributed by atoms with E-state index in [1.165, 1.54) is 4.90 Å². The van der Waals surface area contributed by atoms with Gasteiger partial charge in [0.1, 0.15) is 12.5 Å². The van der Waals surface area contributed by atoms with E-state index in [2.05, 4.69) is 10.6 Å². The predicted molar refractivity (Wildman–Crippen MR) is 61.1 cm³/mol. The number of carbonyl (C=O) groups is 2. The minimum absolute atomic E-state index is 0.260. The summed E-state index contributed by atoms with van der Waals surface area (Å²) >= 11 is 0. The summed E-state index contributed by atoms with van der Waals surface area (Å²) in [5.74, 6) is -1.67. The summed E-state index contributed by atoms with van der Waals surface area (Å²) in [5.41, 5.74) is 4.79. The topological polar surface area (TPSA) is 87.5 Å². The number of alkyl halides is 3. The van der Waals surface area contributed by atoms with Gasteiger partial charge in [-0.15, -0.1) is 0 Å². The molecular formula is C10H17F3N4O2. The summed E-state index contributed by atoms with van der Waals surface area (Å²) in [6, 6.07) is -1.74. The third-order valence-corrected chi connectivity index (χ3v) is 2.80. The standard InChI is InChI=1S/C10H17F3N4O2/c11-10(12,13)7(17-3-1-15-2-4-17)6-16-9(19)5-8(14)18/h7,15H,1-6H2,(H2,14,18)(H,16,19). The van der Waals surface area contributed by atoms with Crippen LogP contribution in [0.2, 0.25) is 0 Å². The van der Waals surface area contributed by atoms with Gasteiger partial charge in [-0.25, -0.2) is 0 Å². The van der Waals surface area contributed by atoms with E-state index in [0.717, 1.165) is 0 Å². The zero-order chi connectivity index (χ0) is 14.5. The molecule has 4 N–H and O–H groups in total. The highest BCUT2D eigenvalue weighted by molar-refractivity contribution is 5.96. The first kappa shape index (κ1) is 15.7. The first-order chi connectivity index (χ1) is 8.80. The number of amides is 2. The van der Waals surface area contributed by atoms with Crippen LogP contribution in [0.15, 0.2) is 0 Å². The molecule has 0 aromatic heterocycles. The van der Waals surface area contributed by atoms with Gasteiger partial charge in [0.25, 0.3) is 0 Å². The van der Waals surface area contributed by atoms with Crippen molar-refractivity contribution in [1.82, 2.24) is 15.5 Å². The molecule has 1 aliphatic heterocycles. The number of hydrogen-bond acceptors (Lipinski definition) is 4. The van der Waals surface area contributed by atoms with Crippen LogP contribution < -0.4 is 16.4 Å². The Balaban J connectivity index is 2.55. The molecule has 0 bridgehead atoms. The normalized spacial score (nSPS) is 18.9. The quantitative estimate of drug-likeness (QED) is 0.554. The van der Waals surface area contributed by atoms with Gasteiger partial charge in [0.15, 0.2) is 0 Å². The molecular weight excluding hydrogens is 265 g/mol. The van der Waals surface area contributed by atoms with Gasteiger partial charge in [0.2, 0.25) is 11.8 Å². The molecule has 19 heavy (non-hydrogen) atoms. The molecule has 2 amide bonds. The minimum atomic E-state index is -4.43. The summed E-state index contributed by atoms with van der Waals surface area (Å²) in [4.78, 5) is 22.9. The Morgan fingerprint density at radius 1 is 1.32 bits per heavy atom. The van der Waals surface area contributed by atoms with Gasteiger partial charge in [-0.3, -0.25) is 14.5 Å². The molecule has 0 radical (unpaired) electrons. The second-order valence-corrected chi connectivity index (χ2v) is 4.29. The summed E-state index contributed by atoms with van der Waals surface area (Å²) in [6.07, 6.45) is -5.04. The molecule has 0 spiro atoms. The number of carbonyl (C=O) groups excluding carboxylic acids is 2. The highest BCUT2D eigenvalue weighted by Crippen LogP contribution is 2.24. The maximum absolute atomic E-state index is 12.9. The van der Waals surface area contributed by atoms with Crippen molar-refractivity contribution in [1.29, 1.82) is 0 Å². The van der Waals surface area contributed by atoms with Gasteiger partial charge in [-0.05, 0) is 0 Å². The van der Waals surface area contributed by atoms with Crippen molar-refractivity contribution < 1.29 is 22.8 Å². The third-order valence-electron chi connectivity index (χ3n) is 2.80. The molecule has 9 heteroatoms. The van der Waals surface area contributed by atoms with E-state index in [9.17, 15) is 22.8 Å². The Bertz CT molecular complexity index is 329. The van der Waals surface area contributed by atoms with E-state index in [-0.39, 0.29) is 13.1 Å². The number of hydrogen-bond donors (Lipinski definition) is 3. The average Bonchev–Trinajstić information content (AvgIpc) is 2.27. The molecule has 1 saturated heterocycles. The fourth-order valence-electron chi connectivity index (χ4n) is 1.88. The number of nitrogens with two attached hydrogens (primary N) is 1. The van der Waals surface area contributed by atoms with Crippen LogP contribution in [-0.2, 0) is 9.59 Å². The van der Waals surface area contributed by atoms with Gasteiger partial charge in [-0.2, -0.15) is 13.2 Å². The minimum Gasteiger partial charge on any atom is -0.369 e. The number of halogens is 3. The monoisotopic (exact) mass is 282 g/mol. The fraction of sp³-hybridized carbons (Fsp3) is 0.800. The molecule has 6 nitrogen and oxygen atoms in total. The van der Waals surface area contributed by atoms with Crippen LogP contribution in [0.25, 0.3) is 0 Å². The van der Waals surface area contributed by atoms with Gasteiger partial charge < -0.3 is 16.4 Å². The third kappa shape index (κ3) is 5.43. The lowest BCUT2D eigenvalue weighted by Gasteiger charge is -2.35. The van der Waals surface area contributed by atoms with Gasteiger partial charge >= 0.3 is 6.18 Å². The predicted octanol–water partition coefficient (Wildman–Crippen LogP) is -1.19. The lowest BCUT2D eigenvalue weighted by molar-refractivity contribution is -0.184. The number of primary amides is 1. The SMILES string of the molecule is NC(=O)CC(=O)NCC(N1CCNCC1)C(F)(F)F. The lowest BCUT2D eigenvalue weighted by Crippen LogP contribution is -2.57. The molecule has 0 saturated carbocycles. The number of rotatable bonds is 5. The maximum atomic E-state index is 12.9. The average molecular weight is 282 g/mol. The molecule has 1 fully saturated rings. The molecule has 1 rings (SSSR count). The molecule has 1 aliphatic rings. The van der Waals surface area contributed by atoms with Crippen LogP contribution >= 0.6 is 0 Å². The van der Waals surface area contributed by atoms with E-state index in [1.54, 1.807) is 0 Å². The molecule has 1 heterocycles. The highest BCUT2D eigenvalue weighted by atomic mass is 19.4. The second kappa shape index (κ2) is 6.71. The van der Waals surface area contributed by atoms with E-state index in [1.807, 2.05) is 0 Å². The Labute approximate surface area is 108 Å². The number of nitrogens with one attached hydrogen (secondary N) is 2. The number of nitrogens with zero attached hydrogens (tertiary/aromatic N) is 1. The van der Waals surface area contributed by atoms with E-state index < -0.39 is 37.0 Å². The van der Waals surface area contributed by atoms with Gasteiger partial charge in [-0.1, -0.05) is 0 Å². The van der Waals surface area contributed by atoms with Crippen LogP contribution in [0.4, 0.5) is 13.2 Å². The zero-order valence-electron chi connectivity index (χ0n) is 10.3. The summed E-state index contributed by atoms with van der Waals surface area (Å²) in [6.45, 7) is 0.894. The highest BCUT2D eigenvalue weighted by Gasteiger charge is 2.43. The summed E-state index contributed by atoms with van der Waals surface area (Å²) < 4.78 is 38.7. The molecule has 1 unspecified atom stereocenters. The lowest BCUT2D eigenvalue weighted by atomic mass is 10.2. The van der Waals surface area contributed by atoms with Crippen molar-refractivity contribution in [2.45, 2.75) is 18.6 Å². The van der Waals surface area contributed by atoms with Gasteiger partial charge in [0, 0.05) is 32.7 Å². The largest absolute Gasteiger partial charge is 0.405 e. The van der Waals surface area contributed by atoms with E-state index in [0.29, 0.717) is 13.1 Å². The van der Waals surface area contributed by atoms with Gasteiger partial charge in [0.05, 0.1) is 0 Å². The molecule has 0 aromatic carbocycles.